The van der Waals surface area contributed by atoms with Crippen LogP contribution in [0, 0.1) is 5.41 Å². The molecule has 1 aliphatic rings. The molecule has 0 saturated heterocycles. The molecule has 0 spiro atoms. The summed E-state index contributed by atoms with van der Waals surface area (Å²) in [5, 5.41) is 11.0. The quantitative estimate of drug-likeness (QED) is 0.842. The summed E-state index contributed by atoms with van der Waals surface area (Å²) in [6.45, 7) is 6.36. The number of aryl methyl sites for hydroxylation is 1. The zero-order chi connectivity index (χ0) is 19.8. The van der Waals surface area contributed by atoms with E-state index in [2.05, 4.69) is 15.0 Å². The molecule has 7 heteroatoms. The van der Waals surface area contributed by atoms with E-state index in [9.17, 15) is 9.90 Å². The number of pyridine rings is 1. The predicted octanol–water partition coefficient (Wildman–Crippen LogP) is 3.61. The molecule has 0 aromatic carbocycles. The normalized spacial score (nSPS) is 16.3. The summed E-state index contributed by atoms with van der Waals surface area (Å²) in [6.07, 6.45) is 2.75. The second-order valence-electron chi connectivity index (χ2n) is 8.28. The molecule has 0 amide bonds. The third-order valence-corrected chi connectivity index (χ3v) is 4.68. The molecule has 1 aliphatic carbocycles. The maximum Gasteiger partial charge on any atom is 0.180 e. The molecule has 1 atom stereocenters. The molecule has 2 aromatic rings. The number of rotatable bonds is 5. The van der Waals surface area contributed by atoms with Crippen LogP contribution in [-0.4, -0.2) is 39.4 Å². The number of carbonyl (C=O) groups is 1. The molecule has 0 saturated carbocycles. The van der Waals surface area contributed by atoms with Crippen LogP contribution in [0.5, 0.6) is 0 Å². The van der Waals surface area contributed by atoms with Crippen molar-refractivity contribution in [3.63, 3.8) is 0 Å². The van der Waals surface area contributed by atoms with Gasteiger partial charge < -0.3 is 10.0 Å². The van der Waals surface area contributed by atoms with E-state index >= 15 is 0 Å². The summed E-state index contributed by atoms with van der Waals surface area (Å²) in [6, 6.07) is 3.41. The SMILES string of the molecule is CN(CC(=O)CC(C)(C)C)c1nc(-c2cc(Cl)ccn2)nc2c1C(O)CC2. The molecule has 3 rings (SSSR count). The standard InChI is InChI=1S/C20H25ClN4O2/c1-20(2,3)10-13(26)11-25(4)19-17-14(5-6-16(17)27)23-18(24-19)15-9-12(21)7-8-22-15/h7-9,16,27H,5-6,10-11H2,1-4H3. The third kappa shape index (κ3) is 4.62. The number of ketones is 1. The lowest BCUT2D eigenvalue weighted by atomic mass is 9.90. The van der Waals surface area contributed by atoms with Gasteiger partial charge in [-0.1, -0.05) is 32.4 Å². The van der Waals surface area contributed by atoms with Crippen molar-refractivity contribution in [1.29, 1.82) is 0 Å². The van der Waals surface area contributed by atoms with Gasteiger partial charge in [-0.05, 0) is 30.4 Å². The van der Waals surface area contributed by atoms with Crippen LogP contribution < -0.4 is 4.90 Å². The van der Waals surface area contributed by atoms with Crippen molar-refractivity contribution in [1.82, 2.24) is 15.0 Å². The number of nitrogens with zero attached hydrogens (tertiary/aromatic N) is 4. The van der Waals surface area contributed by atoms with Crippen LogP contribution in [-0.2, 0) is 11.2 Å². The molecule has 0 aliphatic heterocycles. The first-order valence-corrected chi connectivity index (χ1v) is 9.45. The number of carbonyl (C=O) groups excluding carboxylic acids is 1. The van der Waals surface area contributed by atoms with Gasteiger partial charge in [-0.25, -0.2) is 9.97 Å². The Kier molecular flexibility index (Phi) is 5.49. The van der Waals surface area contributed by atoms with Crippen LogP contribution >= 0.6 is 11.6 Å². The third-order valence-electron chi connectivity index (χ3n) is 4.45. The first-order valence-electron chi connectivity index (χ1n) is 9.08. The van der Waals surface area contributed by atoms with Crippen molar-refractivity contribution in [2.75, 3.05) is 18.5 Å². The predicted molar refractivity (Wildman–Crippen MR) is 106 cm³/mol. The Hall–Kier alpha value is -2.05. The molecule has 0 bridgehead atoms. The summed E-state index contributed by atoms with van der Waals surface area (Å²) in [7, 11) is 1.82. The second-order valence-corrected chi connectivity index (χ2v) is 8.71. The summed E-state index contributed by atoms with van der Waals surface area (Å²) in [5.74, 6) is 1.17. The maximum absolute atomic E-state index is 12.4. The van der Waals surface area contributed by atoms with Crippen LogP contribution in [0.3, 0.4) is 0 Å². The molecule has 0 radical (unpaired) electrons. The Balaban J connectivity index is 1.97. The molecule has 27 heavy (non-hydrogen) atoms. The number of hydrogen-bond acceptors (Lipinski definition) is 6. The minimum Gasteiger partial charge on any atom is -0.388 e. The van der Waals surface area contributed by atoms with Gasteiger partial charge in [-0.2, -0.15) is 0 Å². The second kappa shape index (κ2) is 7.52. The number of aliphatic hydroxyl groups excluding tert-OH is 1. The molecular weight excluding hydrogens is 364 g/mol. The average molecular weight is 389 g/mol. The number of halogens is 1. The minimum absolute atomic E-state index is 0.0685. The highest BCUT2D eigenvalue weighted by Crippen LogP contribution is 2.37. The van der Waals surface area contributed by atoms with E-state index in [1.807, 2.05) is 27.8 Å². The summed E-state index contributed by atoms with van der Waals surface area (Å²) in [5.41, 5.74) is 2.02. The molecule has 144 valence electrons. The monoisotopic (exact) mass is 388 g/mol. The lowest BCUT2D eigenvalue weighted by Gasteiger charge is -2.24. The van der Waals surface area contributed by atoms with Gasteiger partial charge in [0.1, 0.15) is 11.5 Å². The van der Waals surface area contributed by atoms with Crippen molar-refractivity contribution in [2.45, 2.75) is 46.1 Å². The minimum atomic E-state index is -0.614. The first-order chi connectivity index (χ1) is 12.6. The van der Waals surface area contributed by atoms with Crippen LogP contribution in [0.1, 0.15) is 51.0 Å². The van der Waals surface area contributed by atoms with E-state index in [-0.39, 0.29) is 17.7 Å². The Morgan fingerprint density at radius 2 is 2.11 bits per heavy atom. The van der Waals surface area contributed by atoms with Gasteiger partial charge in [-0.15, -0.1) is 0 Å². The van der Waals surface area contributed by atoms with Gasteiger partial charge in [0.05, 0.1) is 18.3 Å². The summed E-state index contributed by atoms with van der Waals surface area (Å²) >= 11 is 6.08. The number of fused-ring (bicyclic) bond motifs is 1. The van der Waals surface area contributed by atoms with E-state index in [1.54, 1.807) is 23.2 Å². The highest BCUT2D eigenvalue weighted by molar-refractivity contribution is 6.30. The largest absolute Gasteiger partial charge is 0.388 e. The Bertz CT molecular complexity index is 864. The topological polar surface area (TPSA) is 79.2 Å². The number of anilines is 1. The zero-order valence-electron chi connectivity index (χ0n) is 16.2. The van der Waals surface area contributed by atoms with Crippen molar-refractivity contribution < 1.29 is 9.90 Å². The Morgan fingerprint density at radius 1 is 1.37 bits per heavy atom. The number of aromatic nitrogens is 3. The smallest absolute Gasteiger partial charge is 0.180 e. The van der Waals surface area contributed by atoms with Gasteiger partial charge in [-0.3, -0.25) is 9.78 Å². The fourth-order valence-electron chi connectivity index (χ4n) is 3.37. The Labute approximate surface area is 164 Å². The highest BCUT2D eigenvalue weighted by atomic mass is 35.5. The van der Waals surface area contributed by atoms with Gasteiger partial charge in [0.2, 0.25) is 0 Å². The molecule has 2 heterocycles. The lowest BCUT2D eigenvalue weighted by molar-refractivity contribution is -0.119. The van der Waals surface area contributed by atoms with Crippen molar-refractivity contribution in [3.8, 4) is 11.5 Å². The van der Waals surface area contributed by atoms with Crippen molar-refractivity contribution in [3.05, 3.63) is 34.6 Å². The molecule has 2 aromatic heterocycles. The van der Waals surface area contributed by atoms with E-state index in [0.29, 0.717) is 47.2 Å². The van der Waals surface area contributed by atoms with Gasteiger partial charge in [0, 0.05) is 30.3 Å². The van der Waals surface area contributed by atoms with Gasteiger partial charge >= 0.3 is 0 Å². The highest BCUT2D eigenvalue weighted by Gasteiger charge is 2.30. The Morgan fingerprint density at radius 3 is 2.78 bits per heavy atom. The number of aliphatic hydroxyl groups is 1. The average Bonchev–Trinajstić information content (AvgIpc) is 2.93. The van der Waals surface area contributed by atoms with E-state index in [1.165, 1.54) is 0 Å². The fraction of sp³-hybridized carbons (Fsp3) is 0.500. The molecule has 1 unspecified atom stereocenters. The van der Waals surface area contributed by atoms with Crippen molar-refractivity contribution >= 4 is 23.2 Å². The van der Waals surface area contributed by atoms with E-state index < -0.39 is 6.10 Å². The van der Waals surface area contributed by atoms with Crippen molar-refractivity contribution in [2.24, 2.45) is 5.41 Å². The van der Waals surface area contributed by atoms with E-state index in [4.69, 9.17) is 11.6 Å². The number of Topliss-reactive ketones (excluding diaryl/α,β-unsaturated/α-hetero) is 1. The van der Waals surface area contributed by atoms with Crippen LogP contribution in [0.2, 0.25) is 5.02 Å². The lowest BCUT2D eigenvalue weighted by Crippen LogP contribution is -2.30. The molecule has 6 nitrogen and oxygen atoms in total. The van der Waals surface area contributed by atoms with Gasteiger partial charge in [0.25, 0.3) is 0 Å². The number of hydrogen-bond donors (Lipinski definition) is 1. The van der Waals surface area contributed by atoms with Crippen LogP contribution in [0.15, 0.2) is 18.3 Å². The zero-order valence-corrected chi connectivity index (χ0v) is 16.9. The summed E-state index contributed by atoms with van der Waals surface area (Å²) in [4.78, 5) is 27.8. The molecule has 0 fully saturated rings. The first kappa shape index (κ1) is 19.7. The summed E-state index contributed by atoms with van der Waals surface area (Å²) < 4.78 is 0. The molecule has 1 N–H and O–H groups in total. The molecular formula is C20H25ClN4O2. The van der Waals surface area contributed by atoms with Crippen LogP contribution in [0.4, 0.5) is 5.82 Å². The number of likely N-dealkylation sites (N-methyl/N-ethyl adjacent to an activating group) is 1. The van der Waals surface area contributed by atoms with E-state index in [0.717, 1.165) is 5.69 Å². The van der Waals surface area contributed by atoms with Gasteiger partial charge in [0.15, 0.2) is 11.6 Å². The fourth-order valence-corrected chi connectivity index (χ4v) is 3.53. The van der Waals surface area contributed by atoms with Crippen LogP contribution in [0.25, 0.3) is 11.5 Å². The maximum atomic E-state index is 12.4.